The zero-order chi connectivity index (χ0) is 18.6. The molecule has 144 valence electrons. The molecule has 1 aromatic rings. The smallest absolute Gasteiger partial charge is 0.319 e. The molecule has 1 aromatic carbocycles. The van der Waals surface area contributed by atoms with Crippen molar-refractivity contribution in [1.29, 1.82) is 0 Å². The van der Waals surface area contributed by atoms with E-state index >= 15 is 0 Å². The molecule has 26 heavy (non-hydrogen) atoms. The first kappa shape index (κ1) is 19.4. The lowest BCUT2D eigenvalue weighted by molar-refractivity contribution is -0.163. The average Bonchev–Trinajstić information content (AvgIpc) is 2.67. The number of nitrogens with zero attached hydrogens (tertiary/aromatic N) is 1. The molecule has 2 atom stereocenters. The minimum Gasteiger partial charge on any atom is -0.431 e. The van der Waals surface area contributed by atoms with Crippen molar-refractivity contribution in [2.24, 2.45) is 0 Å². The normalized spacial score (nSPS) is 23.2. The quantitative estimate of drug-likeness (QED) is 0.572. The number of halogens is 1. The molecule has 0 bridgehead atoms. The summed E-state index contributed by atoms with van der Waals surface area (Å²) in [6.45, 7) is 3.07. The maximum absolute atomic E-state index is 13.3. The van der Waals surface area contributed by atoms with Crippen LogP contribution in [0.4, 0.5) is 4.39 Å². The molecule has 0 aliphatic carbocycles. The number of nitrogens with one attached hydrogen (secondary N) is 1. The van der Waals surface area contributed by atoms with Gasteiger partial charge >= 0.3 is 5.97 Å². The first-order valence-corrected chi connectivity index (χ1v) is 9.79. The Bertz CT molecular complexity index is 645. The van der Waals surface area contributed by atoms with Crippen LogP contribution in [0, 0.1) is 5.82 Å². The van der Waals surface area contributed by atoms with Crippen LogP contribution >= 0.6 is 0 Å². The Labute approximate surface area is 154 Å². The third-order valence-electron chi connectivity index (χ3n) is 4.96. The van der Waals surface area contributed by atoms with Crippen molar-refractivity contribution in [3.05, 3.63) is 35.6 Å². The van der Waals surface area contributed by atoms with E-state index in [1.807, 2.05) is 0 Å². The Balaban J connectivity index is 1.84. The van der Waals surface area contributed by atoms with E-state index in [-0.39, 0.29) is 5.82 Å². The van der Waals surface area contributed by atoms with Gasteiger partial charge in [0.25, 0.3) is 5.56 Å². The average molecular weight is 386 g/mol. The summed E-state index contributed by atoms with van der Waals surface area (Å²) < 4.78 is 45.7. The summed E-state index contributed by atoms with van der Waals surface area (Å²) in [5.74, 6) is -0.960. The minimum atomic E-state index is -2.34. The van der Waals surface area contributed by atoms with Crippen LogP contribution in [-0.4, -0.2) is 64.6 Å². The van der Waals surface area contributed by atoms with Gasteiger partial charge in [0.1, 0.15) is 5.82 Å². The topological polar surface area (TPSA) is 88.1 Å². The van der Waals surface area contributed by atoms with Crippen LogP contribution in [-0.2, 0) is 30.8 Å². The van der Waals surface area contributed by atoms with Crippen molar-refractivity contribution in [3.63, 3.8) is 0 Å². The fraction of sp³-hybridized carbons (Fsp3) is 0.588. The standard InChI is InChI=1S/C17H23FN2O5S/c18-14-3-1-13(2-4-14)17(5-11-24-12-6-17)15(21)25-16(26(22)23)20-9-7-19-8-10-20/h1-4,16,19H,5-12H2,(H,22,23). The summed E-state index contributed by atoms with van der Waals surface area (Å²) in [7, 11) is 0. The van der Waals surface area contributed by atoms with E-state index in [1.54, 1.807) is 17.0 Å². The fourth-order valence-corrected chi connectivity index (χ4v) is 4.08. The van der Waals surface area contributed by atoms with Gasteiger partial charge in [0, 0.05) is 39.4 Å². The van der Waals surface area contributed by atoms with Crippen molar-refractivity contribution in [2.45, 2.75) is 23.8 Å². The van der Waals surface area contributed by atoms with Gasteiger partial charge in [-0.1, -0.05) is 12.1 Å². The van der Waals surface area contributed by atoms with E-state index < -0.39 is 28.0 Å². The number of esters is 1. The van der Waals surface area contributed by atoms with Crippen LogP contribution in [0.25, 0.3) is 0 Å². The third kappa shape index (κ3) is 4.12. The van der Waals surface area contributed by atoms with Gasteiger partial charge in [-0.25, -0.2) is 8.60 Å². The lowest BCUT2D eigenvalue weighted by Crippen LogP contribution is -2.53. The van der Waals surface area contributed by atoms with Crippen LogP contribution in [0.3, 0.4) is 0 Å². The Kier molecular flexibility index (Phi) is 6.36. The molecule has 2 fully saturated rings. The van der Waals surface area contributed by atoms with Gasteiger partial charge in [-0.05, 0) is 30.5 Å². The zero-order valence-electron chi connectivity index (χ0n) is 14.4. The molecule has 0 saturated carbocycles. The van der Waals surface area contributed by atoms with E-state index in [2.05, 4.69) is 5.32 Å². The van der Waals surface area contributed by atoms with E-state index in [4.69, 9.17) is 9.47 Å². The van der Waals surface area contributed by atoms with Crippen molar-refractivity contribution in [3.8, 4) is 0 Å². The van der Waals surface area contributed by atoms with E-state index in [1.165, 1.54) is 12.1 Å². The number of carbonyl (C=O) groups excluding carboxylic acids is 1. The van der Waals surface area contributed by atoms with E-state index in [0.717, 1.165) is 0 Å². The summed E-state index contributed by atoms with van der Waals surface area (Å²) in [6.07, 6.45) is 0.758. The second kappa shape index (κ2) is 8.53. The Morgan fingerprint density at radius 1 is 1.27 bits per heavy atom. The maximum atomic E-state index is 13.3. The van der Waals surface area contributed by atoms with Gasteiger partial charge in [0.2, 0.25) is 11.1 Å². The summed E-state index contributed by atoms with van der Waals surface area (Å²) in [5, 5.41) is 3.15. The second-order valence-corrected chi connectivity index (χ2v) is 7.43. The van der Waals surface area contributed by atoms with Crippen LogP contribution in [0.1, 0.15) is 18.4 Å². The summed E-state index contributed by atoms with van der Waals surface area (Å²) >= 11 is -2.34. The van der Waals surface area contributed by atoms with E-state index in [9.17, 15) is 17.9 Å². The fourth-order valence-electron chi connectivity index (χ4n) is 3.44. The molecule has 0 radical (unpaired) electrons. The Hall–Kier alpha value is -1.39. The molecule has 2 heterocycles. The summed E-state index contributed by atoms with van der Waals surface area (Å²) in [6, 6.07) is 5.74. The first-order valence-electron chi connectivity index (χ1n) is 8.62. The number of carbonyl (C=O) groups is 1. The maximum Gasteiger partial charge on any atom is 0.319 e. The van der Waals surface area contributed by atoms with Gasteiger partial charge in [-0.3, -0.25) is 9.69 Å². The van der Waals surface area contributed by atoms with Gasteiger partial charge < -0.3 is 19.3 Å². The molecule has 3 rings (SSSR count). The zero-order valence-corrected chi connectivity index (χ0v) is 15.2. The minimum absolute atomic E-state index is 0.368. The molecule has 2 aliphatic heterocycles. The molecular formula is C17H23FN2O5S. The van der Waals surface area contributed by atoms with Crippen molar-refractivity contribution in [2.75, 3.05) is 39.4 Å². The van der Waals surface area contributed by atoms with E-state index in [0.29, 0.717) is 57.8 Å². The first-order chi connectivity index (χ1) is 12.5. The summed E-state index contributed by atoms with van der Waals surface area (Å²) in [4.78, 5) is 14.8. The number of hydrogen-bond acceptors (Lipinski definition) is 6. The summed E-state index contributed by atoms with van der Waals surface area (Å²) in [5.41, 5.74) is -1.59. The lowest BCUT2D eigenvalue weighted by Gasteiger charge is -2.38. The van der Waals surface area contributed by atoms with Crippen LogP contribution in [0.15, 0.2) is 24.3 Å². The SMILES string of the molecule is O=C(OC(N1CCNCC1)S(=O)O)C1(c2ccc(F)cc2)CCOCC1. The monoisotopic (exact) mass is 386 g/mol. The molecule has 2 aliphatic rings. The lowest BCUT2D eigenvalue weighted by atomic mass is 9.74. The van der Waals surface area contributed by atoms with Crippen molar-refractivity contribution < 1.29 is 27.4 Å². The number of ether oxygens (including phenoxy) is 2. The Morgan fingerprint density at radius 3 is 2.46 bits per heavy atom. The van der Waals surface area contributed by atoms with Crippen LogP contribution in [0.2, 0.25) is 0 Å². The highest BCUT2D eigenvalue weighted by Crippen LogP contribution is 2.37. The van der Waals surface area contributed by atoms with Crippen molar-refractivity contribution in [1.82, 2.24) is 10.2 Å². The van der Waals surface area contributed by atoms with Crippen LogP contribution < -0.4 is 5.32 Å². The number of hydrogen-bond donors (Lipinski definition) is 2. The van der Waals surface area contributed by atoms with Crippen molar-refractivity contribution >= 4 is 17.0 Å². The molecule has 0 spiro atoms. The second-order valence-electron chi connectivity index (χ2n) is 6.48. The molecule has 2 N–H and O–H groups in total. The Morgan fingerprint density at radius 2 is 1.88 bits per heavy atom. The predicted molar refractivity (Wildman–Crippen MR) is 93.2 cm³/mol. The highest BCUT2D eigenvalue weighted by Gasteiger charge is 2.45. The van der Waals surface area contributed by atoms with Gasteiger partial charge in [-0.15, -0.1) is 0 Å². The van der Waals surface area contributed by atoms with Gasteiger partial charge in [-0.2, -0.15) is 0 Å². The molecule has 9 heteroatoms. The molecule has 7 nitrogen and oxygen atoms in total. The molecule has 0 amide bonds. The molecule has 2 unspecified atom stereocenters. The number of piperazine rings is 1. The molecular weight excluding hydrogens is 363 g/mol. The van der Waals surface area contributed by atoms with Crippen LogP contribution in [0.5, 0.6) is 0 Å². The molecule has 0 aromatic heterocycles. The van der Waals surface area contributed by atoms with Gasteiger partial charge in [0.05, 0.1) is 5.41 Å². The third-order valence-corrected chi connectivity index (χ3v) is 5.70. The largest absolute Gasteiger partial charge is 0.431 e. The number of benzene rings is 1. The van der Waals surface area contributed by atoms with Gasteiger partial charge in [0.15, 0.2) is 0 Å². The number of rotatable bonds is 5. The highest BCUT2D eigenvalue weighted by molar-refractivity contribution is 7.79. The molecule has 2 saturated heterocycles. The highest BCUT2D eigenvalue weighted by atomic mass is 32.2. The predicted octanol–water partition coefficient (Wildman–Crippen LogP) is 0.828.